The number of unbranched alkanes of at least 4 members (excludes halogenated alkanes) is 1. The molecule has 0 unspecified atom stereocenters. The van der Waals surface area contributed by atoms with Crippen LogP contribution in [0.4, 0.5) is 4.79 Å². The molecule has 6 heteroatoms. The fourth-order valence-corrected chi connectivity index (χ4v) is 2.46. The molecule has 0 bridgehead atoms. The molecule has 2 N–H and O–H groups in total. The molecular weight excluding hydrogens is 330 g/mol. The van der Waals surface area contributed by atoms with Crippen LogP contribution in [0.25, 0.3) is 0 Å². The lowest BCUT2D eigenvalue weighted by molar-refractivity contribution is 0.240. The fourth-order valence-electron chi connectivity index (χ4n) is 2.46. The maximum Gasteiger partial charge on any atom is 0.315 e. The number of pyridine rings is 1. The van der Waals surface area contributed by atoms with Crippen LogP contribution in [0.1, 0.15) is 30.9 Å². The van der Waals surface area contributed by atoms with Crippen molar-refractivity contribution in [3.63, 3.8) is 0 Å². The number of carbonyl (C=O) groups excluding carboxylic acids is 1. The van der Waals surface area contributed by atoms with E-state index in [4.69, 9.17) is 9.47 Å². The lowest BCUT2D eigenvalue weighted by Gasteiger charge is -2.12. The number of carbonyl (C=O) groups is 1. The molecule has 26 heavy (non-hydrogen) atoms. The van der Waals surface area contributed by atoms with Crippen LogP contribution in [0, 0.1) is 0 Å². The molecule has 140 valence electrons. The number of hydrogen-bond acceptors (Lipinski definition) is 4. The van der Waals surface area contributed by atoms with Gasteiger partial charge in [0.15, 0.2) is 0 Å². The van der Waals surface area contributed by atoms with E-state index in [2.05, 4.69) is 22.5 Å². The van der Waals surface area contributed by atoms with Crippen LogP contribution < -0.4 is 20.1 Å². The van der Waals surface area contributed by atoms with Gasteiger partial charge in [-0.3, -0.25) is 0 Å². The highest BCUT2D eigenvalue weighted by Gasteiger charge is 2.07. The van der Waals surface area contributed by atoms with Gasteiger partial charge in [0.2, 0.25) is 5.88 Å². The zero-order chi connectivity index (χ0) is 18.6. The molecule has 0 radical (unpaired) electrons. The summed E-state index contributed by atoms with van der Waals surface area (Å²) in [5.41, 5.74) is 1.93. The second kappa shape index (κ2) is 11.0. The number of rotatable bonds is 10. The van der Waals surface area contributed by atoms with E-state index in [0.29, 0.717) is 32.0 Å². The van der Waals surface area contributed by atoms with Crippen molar-refractivity contribution in [2.45, 2.75) is 32.7 Å². The monoisotopic (exact) mass is 357 g/mol. The van der Waals surface area contributed by atoms with Crippen molar-refractivity contribution in [1.82, 2.24) is 15.6 Å². The molecule has 6 nitrogen and oxygen atoms in total. The van der Waals surface area contributed by atoms with Crippen LogP contribution in [0.5, 0.6) is 11.6 Å². The standard InChI is InChI=1S/C20H27N3O3/c1-3-4-14-26-19-17(9-7-12-21-19)15-23-20(24)22-13-11-16-8-5-6-10-18(16)25-2/h5-10,12H,3-4,11,13-15H2,1-2H3,(H2,22,23,24). The number of para-hydroxylation sites is 1. The first kappa shape index (κ1) is 19.6. The number of methoxy groups -OCH3 is 1. The van der Waals surface area contributed by atoms with Gasteiger partial charge in [-0.1, -0.05) is 37.6 Å². The van der Waals surface area contributed by atoms with Crippen LogP contribution in [-0.2, 0) is 13.0 Å². The van der Waals surface area contributed by atoms with E-state index in [1.54, 1.807) is 13.3 Å². The predicted molar refractivity (Wildman–Crippen MR) is 102 cm³/mol. The van der Waals surface area contributed by atoms with E-state index in [9.17, 15) is 4.79 Å². The second-order valence-corrected chi connectivity index (χ2v) is 5.84. The highest BCUT2D eigenvalue weighted by atomic mass is 16.5. The van der Waals surface area contributed by atoms with E-state index in [-0.39, 0.29) is 6.03 Å². The lowest BCUT2D eigenvalue weighted by atomic mass is 10.1. The van der Waals surface area contributed by atoms with Crippen molar-refractivity contribution in [3.8, 4) is 11.6 Å². The van der Waals surface area contributed by atoms with Crippen LogP contribution in [0.2, 0.25) is 0 Å². The number of benzene rings is 1. The summed E-state index contributed by atoms with van der Waals surface area (Å²) in [6.45, 7) is 3.64. The molecule has 2 amide bonds. The van der Waals surface area contributed by atoms with Gasteiger partial charge in [-0.25, -0.2) is 9.78 Å². The summed E-state index contributed by atoms with van der Waals surface area (Å²) < 4.78 is 11.0. The van der Waals surface area contributed by atoms with Gasteiger partial charge >= 0.3 is 6.03 Å². The van der Waals surface area contributed by atoms with E-state index in [0.717, 1.165) is 29.7 Å². The van der Waals surface area contributed by atoms with Gasteiger partial charge in [0.05, 0.1) is 13.7 Å². The second-order valence-electron chi connectivity index (χ2n) is 5.84. The molecule has 0 aliphatic carbocycles. The largest absolute Gasteiger partial charge is 0.496 e. The third-order valence-corrected chi connectivity index (χ3v) is 3.90. The van der Waals surface area contributed by atoms with Crippen LogP contribution in [0.15, 0.2) is 42.6 Å². The summed E-state index contributed by atoms with van der Waals surface area (Å²) in [4.78, 5) is 16.3. The van der Waals surface area contributed by atoms with E-state index in [1.165, 1.54) is 0 Å². The SMILES string of the molecule is CCCCOc1ncccc1CNC(=O)NCCc1ccccc1OC. The maximum atomic E-state index is 12.0. The molecule has 0 aliphatic rings. The minimum Gasteiger partial charge on any atom is -0.496 e. The smallest absolute Gasteiger partial charge is 0.315 e. The minimum atomic E-state index is -0.219. The number of nitrogens with zero attached hydrogens (tertiary/aromatic N) is 1. The van der Waals surface area contributed by atoms with Gasteiger partial charge in [0.25, 0.3) is 0 Å². The fraction of sp³-hybridized carbons (Fsp3) is 0.400. The Morgan fingerprint density at radius 3 is 2.73 bits per heavy atom. The first-order valence-corrected chi connectivity index (χ1v) is 8.95. The molecule has 2 aromatic rings. The molecule has 0 aliphatic heterocycles. The molecule has 1 aromatic carbocycles. The highest BCUT2D eigenvalue weighted by molar-refractivity contribution is 5.73. The number of hydrogen-bond donors (Lipinski definition) is 2. The van der Waals surface area contributed by atoms with Gasteiger partial charge in [-0.2, -0.15) is 0 Å². The van der Waals surface area contributed by atoms with E-state index < -0.39 is 0 Å². The molecule has 1 aromatic heterocycles. The first-order valence-electron chi connectivity index (χ1n) is 8.95. The molecule has 0 spiro atoms. The number of amides is 2. The Morgan fingerprint density at radius 2 is 1.92 bits per heavy atom. The van der Waals surface area contributed by atoms with Crippen molar-refractivity contribution < 1.29 is 14.3 Å². The van der Waals surface area contributed by atoms with Crippen molar-refractivity contribution in [3.05, 3.63) is 53.7 Å². The summed E-state index contributed by atoms with van der Waals surface area (Å²) >= 11 is 0. The minimum absolute atomic E-state index is 0.219. The third-order valence-electron chi connectivity index (χ3n) is 3.90. The number of nitrogens with one attached hydrogen (secondary N) is 2. The molecule has 0 fully saturated rings. The first-order chi connectivity index (χ1) is 12.7. The number of urea groups is 1. The van der Waals surface area contributed by atoms with Crippen molar-refractivity contribution >= 4 is 6.03 Å². The predicted octanol–water partition coefficient (Wildman–Crippen LogP) is 3.31. The Bertz CT molecular complexity index is 692. The molecular formula is C20H27N3O3. The lowest BCUT2D eigenvalue weighted by Crippen LogP contribution is -2.36. The molecule has 0 saturated carbocycles. The Balaban J connectivity index is 1.77. The summed E-state index contributed by atoms with van der Waals surface area (Å²) in [5.74, 6) is 1.41. The van der Waals surface area contributed by atoms with Crippen LogP contribution in [-0.4, -0.2) is 31.3 Å². The topological polar surface area (TPSA) is 72.5 Å². The van der Waals surface area contributed by atoms with Crippen molar-refractivity contribution in [1.29, 1.82) is 0 Å². The van der Waals surface area contributed by atoms with Gasteiger partial charge in [0, 0.05) is 24.8 Å². The zero-order valence-electron chi connectivity index (χ0n) is 15.5. The number of aromatic nitrogens is 1. The van der Waals surface area contributed by atoms with Gasteiger partial charge in [0.1, 0.15) is 5.75 Å². The molecule has 0 saturated heterocycles. The average Bonchev–Trinajstić information content (AvgIpc) is 2.68. The summed E-state index contributed by atoms with van der Waals surface area (Å²) in [6, 6.07) is 11.3. The summed E-state index contributed by atoms with van der Waals surface area (Å²) in [5, 5.41) is 5.70. The average molecular weight is 357 g/mol. The van der Waals surface area contributed by atoms with Gasteiger partial charge < -0.3 is 20.1 Å². The normalized spacial score (nSPS) is 10.2. The Labute approximate surface area is 154 Å². The Kier molecular flexibility index (Phi) is 8.26. The molecule has 1 heterocycles. The Hall–Kier alpha value is -2.76. The van der Waals surface area contributed by atoms with Gasteiger partial charge in [-0.15, -0.1) is 0 Å². The quantitative estimate of drug-likeness (QED) is 0.640. The molecule has 0 atom stereocenters. The van der Waals surface area contributed by atoms with Crippen molar-refractivity contribution in [2.24, 2.45) is 0 Å². The zero-order valence-corrected chi connectivity index (χ0v) is 15.5. The van der Waals surface area contributed by atoms with Crippen molar-refractivity contribution in [2.75, 3.05) is 20.3 Å². The van der Waals surface area contributed by atoms with Crippen LogP contribution in [0.3, 0.4) is 0 Å². The van der Waals surface area contributed by atoms with Crippen LogP contribution >= 0.6 is 0 Å². The third kappa shape index (κ3) is 6.27. The highest BCUT2D eigenvalue weighted by Crippen LogP contribution is 2.17. The van der Waals surface area contributed by atoms with Gasteiger partial charge in [-0.05, 0) is 30.5 Å². The van der Waals surface area contributed by atoms with E-state index in [1.807, 2.05) is 36.4 Å². The summed E-state index contributed by atoms with van der Waals surface area (Å²) in [6.07, 6.45) is 4.44. The maximum absolute atomic E-state index is 12.0. The summed E-state index contributed by atoms with van der Waals surface area (Å²) in [7, 11) is 1.65. The Morgan fingerprint density at radius 1 is 1.12 bits per heavy atom. The number of ether oxygens (including phenoxy) is 2. The molecule has 2 rings (SSSR count). The van der Waals surface area contributed by atoms with E-state index >= 15 is 0 Å².